The van der Waals surface area contributed by atoms with E-state index in [1.807, 2.05) is 31.1 Å². The summed E-state index contributed by atoms with van der Waals surface area (Å²) in [5.41, 5.74) is 1.76. The number of hydrogen-bond donors (Lipinski definition) is 0. The molecule has 5 heteroatoms. The standard InChI is InChI=1S/C17H15FN2O2/c1-20(2)15-5-3-4-13(9-15)17(21)22-11-14-8-12(10-19)6-7-16(14)18/h3-9H,11H2,1-2H3. The van der Waals surface area contributed by atoms with Gasteiger partial charge in [-0.1, -0.05) is 6.07 Å². The fourth-order valence-electron chi connectivity index (χ4n) is 1.89. The van der Waals surface area contributed by atoms with Gasteiger partial charge in [-0.05, 0) is 36.4 Å². The van der Waals surface area contributed by atoms with Gasteiger partial charge in [-0.15, -0.1) is 0 Å². The first-order valence-electron chi connectivity index (χ1n) is 6.64. The average molecular weight is 298 g/mol. The lowest BCUT2D eigenvalue weighted by Crippen LogP contribution is -2.11. The molecular formula is C17H15FN2O2. The molecule has 0 atom stereocenters. The van der Waals surface area contributed by atoms with Crippen molar-refractivity contribution in [3.63, 3.8) is 0 Å². The Hall–Kier alpha value is -2.87. The summed E-state index contributed by atoms with van der Waals surface area (Å²) < 4.78 is 18.7. The van der Waals surface area contributed by atoms with Gasteiger partial charge in [-0.3, -0.25) is 0 Å². The van der Waals surface area contributed by atoms with Crippen LogP contribution in [0.15, 0.2) is 42.5 Å². The van der Waals surface area contributed by atoms with E-state index in [1.165, 1.54) is 18.2 Å². The lowest BCUT2D eigenvalue weighted by molar-refractivity contribution is 0.0469. The van der Waals surface area contributed by atoms with Gasteiger partial charge in [-0.25, -0.2) is 9.18 Å². The van der Waals surface area contributed by atoms with Gasteiger partial charge in [-0.2, -0.15) is 5.26 Å². The average Bonchev–Trinajstić information content (AvgIpc) is 2.53. The van der Waals surface area contributed by atoms with Crippen LogP contribution in [0.4, 0.5) is 10.1 Å². The molecule has 0 bridgehead atoms. The highest BCUT2D eigenvalue weighted by Gasteiger charge is 2.11. The first kappa shape index (κ1) is 15.5. The summed E-state index contributed by atoms with van der Waals surface area (Å²) in [6.45, 7) is -0.216. The Balaban J connectivity index is 2.10. The topological polar surface area (TPSA) is 53.3 Å². The smallest absolute Gasteiger partial charge is 0.338 e. The van der Waals surface area contributed by atoms with Crippen LogP contribution in [0.2, 0.25) is 0 Å². The highest BCUT2D eigenvalue weighted by Crippen LogP contribution is 2.16. The Kier molecular flexibility index (Phi) is 4.74. The predicted octanol–water partition coefficient (Wildman–Crippen LogP) is 3.12. The third-order valence-electron chi connectivity index (χ3n) is 3.13. The number of nitrogens with zero attached hydrogens (tertiary/aromatic N) is 2. The Morgan fingerprint density at radius 2 is 2.05 bits per heavy atom. The van der Waals surface area contributed by atoms with Crippen LogP contribution in [-0.2, 0) is 11.3 Å². The van der Waals surface area contributed by atoms with Crippen LogP contribution in [0, 0.1) is 17.1 Å². The number of nitriles is 1. The molecule has 0 aromatic heterocycles. The summed E-state index contributed by atoms with van der Waals surface area (Å²) in [7, 11) is 3.74. The largest absolute Gasteiger partial charge is 0.457 e. The molecule has 0 aliphatic heterocycles. The van der Waals surface area contributed by atoms with Crippen molar-refractivity contribution in [1.29, 1.82) is 5.26 Å². The van der Waals surface area contributed by atoms with E-state index in [0.29, 0.717) is 11.1 Å². The van der Waals surface area contributed by atoms with Crippen molar-refractivity contribution < 1.29 is 13.9 Å². The predicted molar refractivity (Wildman–Crippen MR) is 81.0 cm³/mol. The molecule has 0 saturated carbocycles. The van der Waals surface area contributed by atoms with Crippen molar-refractivity contribution in [3.05, 3.63) is 65.0 Å². The number of esters is 1. The second-order valence-corrected chi connectivity index (χ2v) is 4.94. The number of benzene rings is 2. The summed E-state index contributed by atoms with van der Waals surface area (Å²) in [6.07, 6.45) is 0. The Bertz CT molecular complexity index is 736. The molecule has 0 radical (unpaired) electrons. The second-order valence-electron chi connectivity index (χ2n) is 4.94. The highest BCUT2D eigenvalue weighted by molar-refractivity contribution is 5.90. The number of rotatable bonds is 4. The molecule has 0 aliphatic rings. The van der Waals surface area contributed by atoms with Gasteiger partial charge in [0.05, 0.1) is 17.2 Å². The Morgan fingerprint density at radius 3 is 2.73 bits per heavy atom. The number of ether oxygens (including phenoxy) is 1. The van der Waals surface area contributed by atoms with Gasteiger partial charge in [0.25, 0.3) is 0 Å². The number of carbonyl (C=O) groups excluding carboxylic acids is 1. The Labute approximate surface area is 128 Å². The zero-order valence-electron chi connectivity index (χ0n) is 12.3. The summed E-state index contributed by atoms with van der Waals surface area (Å²) in [5.74, 6) is -1.04. The van der Waals surface area contributed by atoms with Gasteiger partial charge in [0.1, 0.15) is 12.4 Å². The van der Waals surface area contributed by atoms with E-state index in [2.05, 4.69) is 0 Å². The third-order valence-corrected chi connectivity index (χ3v) is 3.13. The maximum Gasteiger partial charge on any atom is 0.338 e. The van der Waals surface area contributed by atoms with Gasteiger partial charge in [0, 0.05) is 25.3 Å². The highest BCUT2D eigenvalue weighted by atomic mass is 19.1. The van der Waals surface area contributed by atoms with Crippen LogP contribution in [0.3, 0.4) is 0 Å². The molecule has 2 aromatic rings. The number of anilines is 1. The van der Waals surface area contributed by atoms with Crippen molar-refractivity contribution >= 4 is 11.7 Å². The first-order valence-corrected chi connectivity index (χ1v) is 6.64. The molecule has 0 aliphatic carbocycles. The van der Waals surface area contributed by atoms with Gasteiger partial charge >= 0.3 is 5.97 Å². The third kappa shape index (κ3) is 3.61. The maximum atomic E-state index is 13.6. The molecule has 0 N–H and O–H groups in total. The molecule has 22 heavy (non-hydrogen) atoms. The molecule has 0 saturated heterocycles. The molecular weight excluding hydrogens is 283 g/mol. The van der Waals surface area contributed by atoms with Crippen molar-refractivity contribution in [2.24, 2.45) is 0 Å². The summed E-state index contributed by atoms with van der Waals surface area (Å²) in [6, 6.07) is 12.8. The molecule has 2 rings (SSSR count). The SMILES string of the molecule is CN(C)c1cccc(C(=O)OCc2cc(C#N)ccc2F)c1. The molecule has 0 unspecified atom stereocenters. The zero-order chi connectivity index (χ0) is 16.1. The number of carbonyl (C=O) groups is 1. The fourth-order valence-corrected chi connectivity index (χ4v) is 1.89. The van der Waals surface area contributed by atoms with Gasteiger partial charge < -0.3 is 9.64 Å². The van der Waals surface area contributed by atoms with E-state index in [1.54, 1.807) is 18.2 Å². The first-order chi connectivity index (χ1) is 10.5. The van der Waals surface area contributed by atoms with Crippen LogP contribution in [0.25, 0.3) is 0 Å². The lowest BCUT2D eigenvalue weighted by Gasteiger charge is -2.13. The van der Waals surface area contributed by atoms with Crippen molar-refractivity contribution in [2.45, 2.75) is 6.61 Å². The fraction of sp³-hybridized carbons (Fsp3) is 0.176. The zero-order valence-corrected chi connectivity index (χ0v) is 12.3. The number of halogens is 1. The minimum Gasteiger partial charge on any atom is -0.457 e. The molecule has 0 spiro atoms. The van der Waals surface area contributed by atoms with Crippen LogP contribution in [-0.4, -0.2) is 20.1 Å². The monoisotopic (exact) mass is 298 g/mol. The van der Waals surface area contributed by atoms with E-state index in [-0.39, 0.29) is 12.2 Å². The molecule has 4 nitrogen and oxygen atoms in total. The van der Waals surface area contributed by atoms with E-state index >= 15 is 0 Å². The molecule has 112 valence electrons. The van der Waals surface area contributed by atoms with Gasteiger partial charge in [0.15, 0.2) is 0 Å². The minimum atomic E-state index is -0.537. The molecule has 2 aromatic carbocycles. The Morgan fingerprint density at radius 1 is 1.27 bits per heavy atom. The normalized spacial score (nSPS) is 9.91. The van der Waals surface area contributed by atoms with Crippen LogP contribution in [0.1, 0.15) is 21.5 Å². The summed E-state index contributed by atoms with van der Waals surface area (Å²) >= 11 is 0. The van der Waals surface area contributed by atoms with E-state index < -0.39 is 11.8 Å². The maximum absolute atomic E-state index is 13.6. The van der Waals surface area contributed by atoms with E-state index in [9.17, 15) is 9.18 Å². The van der Waals surface area contributed by atoms with E-state index in [4.69, 9.17) is 10.00 Å². The van der Waals surface area contributed by atoms with Crippen molar-refractivity contribution in [3.8, 4) is 6.07 Å². The van der Waals surface area contributed by atoms with Crippen LogP contribution >= 0.6 is 0 Å². The number of hydrogen-bond acceptors (Lipinski definition) is 4. The molecule has 0 amide bonds. The summed E-state index contributed by atoms with van der Waals surface area (Å²) in [5, 5.41) is 8.81. The summed E-state index contributed by atoms with van der Waals surface area (Å²) in [4.78, 5) is 13.9. The van der Waals surface area contributed by atoms with Crippen molar-refractivity contribution in [2.75, 3.05) is 19.0 Å². The van der Waals surface area contributed by atoms with Crippen LogP contribution in [0.5, 0.6) is 0 Å². The van der Waals surface area contributed by atoms with E-state index in [0.717, 1.165) is 5.69 Å². The van der Waals surface area contributed by atoms with Crippen molar-refractivity contribution in [1.82, 2.24) is 0 Å². The molecule has 0 fully saturated rings. The minimum absolute atomic E-state index is 0.177. The quantitative estimate of drug-likeness (QED) is 0.814. The second kappa shape index (κ2) is 6.72. The van der Waals surface area contributed by atoms with Gasteiger partial charge in [0.2, 0.25) is 0 Å². The van der Waals surface area contributed by atoms with Crippen LogP contribution < -0.4 is 4.90 Å². The molecule has 0 heterocycles. The lowest BCUT2D eigenvalue weighted by atomic mass is 10.1.